The van der Waals surface area contributed by atoms with Crippen LogP contribution in [0.1, 0.15) is 38.4 Å². The molecule has 0 N–H and O–H groups in total. The number of hydrogen-bond acceptors (Lipinski definition) is 6. The minimum Gasteiger partial charge on any atom is -0.443 e. The third-order valence-corrected chi connectivity index (χ3v) is 4.69. The van der Waals surface area contributed by atoms with Crippen molar-refractivity contribution in [2.24, 2.45) is 0 Å². The van der Waals surface area contributed by atoms with Crippen LogP contribution in [0, 0.1) is 6.92 Å². The molecule has 0 aliphatic heterocycles. The Morgan fingerprint density at radius 1 is 1.19 bits per heavy atom. The van der Waals surface area contributed by atoms with Gasteiger partial charge in [0.2, 0.25) is 0 Å². The van der Waals surface area contributed by atoms with Gasteiger partial charge in [0.1, 0.15) is 11.9 Å². The smallest absolute Gasteiger partial charge is 0.419 e. The topological polar surface area (TPSA) is 87.5 Å². The van der Waals surface area contributed by atoms with Gasteiger partial charge >= 0.3 is 6.09 Å². The van der Waals surface area contributed by atoms with Gasteiger partial charge in [0.25, 0.3) is 10.1 Å². The average Bonchev–Trinajstić information content (AvgIpc) is 2.99. The number of aromatic nitrogens is 2. The average molecular weight is 380 g/mol. The van der Waals surface area contributed by atoms with E-state index in [2.05, 4.69) is 4.98 Å². The number of ether oxygens (including phenoxy) is 1. The maximum atomic E-state index is 12.1. The minimum absolute atomic E-state index is 0.0372. The number of carbonyl (C=O) groups excluding carboxylic acids is 1. The molecule has 1 aromatic carbocycles. The van der Waals surface area contributed by atoms with E-state index in [-0.39, 0.29) is 11.5 Å². The Balaban J connectivity index is 1.83. The third kappa shape index (κ3) is 5.96. The Hall–Kier alpha value is -2.19. The van der Waals surface area contributed by atoms with Gasteiger partial charge in [0.15, 0.2) is 0 Å². The first kappa shape index (κ1) is 20.1. The van der Waals surface area contributed by atoms with Crippen LogP contribution in [0.5, 0.6) is 0 Å². The van der Waals surface area contributed by atoms with Crippen LogP contribution in [0.4, 0.5) is 4.79 Å². The van der Waals surface area contributed by atoms with Crippen LogP contribution in [-0.2, 0) is 25.5 Å². The van der Waals surface area contributed by atoms with Crippen LogP contribution in [0.25, 0.3) is 0 Å². The zero-order valence-electron chi connectivity index (χ0n) is 15.4. The Kier molecular flexibility index (Phi) is 6.20. The number of aryl methyl sites for hydroxylation is 2. The van der Waals surface area contributed by atoms with E-state index < -0.39 is 21.8 Å². The predicted molar refractivity (Wildman–Crippen MR) is 96.5 cm³/mol. The normalized spacial score (nSPS) is 12.2. The van der Waals surface area contributed by atoms with Crippen LogP contribution < -0.4 is 0 Å². The third-order valence-electron chi connectivity index (χ3n) is 3.37. The molecule has 0 saturated heterocycles. The van der Waals surface area contributed by atoms with Crippen molar-refractivity contribution in [2.75, 3.05) is 6.61 Å². The van der Waals surface area contributed by atoms with Crippen molar-refractivity contribution in [2.45, 2.75) is 51.0 Å². The van der Waals surface area contributed by atoms with Crippen molar-refractivity contribution >= 4 is 16.2 Å². The van der Waals surface area contributed by atoms with E-state index in [9.17, 15) is 13.2 Å². The van der Waals surface area contributed by atoms with Gasteiger partial charge in [-0.3, -0.25) is 4.18 Å². The van der Waals surface area contributed by atoms with Crippen LogP contribution in [0.15, 0.2) is 41.7 Å². The lowest BCUT2D eigenvalue weighted by molar-refractivity contribution is 0.0536. The molecule has 142 valence electrons. The molecule has 0 bridgehead atoms. The Morgan fingerprint density at radius 3 is 2.46 bits per heavy atom. The van der Waals surface area contributed by atoms with E-state index in [1.165, 1.54) is 23.0 Å². The van der Waals surface area contributed by atoms with E-state index in [0.29, 0.717) is 18.5 Å². The summed E-state index contributed by atoms with van der Waals surface area (Å²) in [6.07, 6.45) is 3.39. The van der Waals surface area contributed by atoms with Crippen LogP contribution in [-0.4, -0.2) is 36.3 Å². The zero-order valence-corrected chi connectivity index (χ0v) is 16.2. The molecule has 0 atom stereocenters. The maximum Gasteiger partial charge on any atom is 0.419 e. The molecule has 1 heterocycles. The molecular formula is C18H24N2O5S. The van der Waals surface area contributed by atoms with Gasteiger partial charge in [-0.05, 0) is 52.7 Å². The number of hydrogen-bond donors (Lipinski definition) is 0. The second-order valence-electron chi connectivity index (χ2n) is 6.95. The van der Waals surface area contributed by atoms with Crippen molar-refractivity contribution in [3.63, 3.8) is 0 Å². The molecule has 26 heavy (non-hydrogen) atoms. The molecule has 1 aromatic heterocycles. The number of nitrogens with zero attached hydrogens (tertiary/aromatic N) is 2. The molecule has 0 saturated carbocycles. The minimum atomic E-state index is -3.76. The van der Waals surface area contributed by atoms with Crippen molar-refractivity contribution in [1.29, 1.82) is 0 Å². The number of rotatable bonds is 6. The van der Waals surface area contributed by atoms with E-state index in [1.54, 1.807) is 39.1 Å². The molecule has 0 spiro atoms. The highest BCUT2D eigenvalue weighted by atomic mass is 32.2. The molecule has 0 radical (unpaired) electrons. The molecular weight excluding hydrogens is 356 g/mol. The highest BCUT2D eigenvalue weighted by Crippen LogP contribution is 2.14. The molecule has 0 amide bonds. The number of benzene rings is 1. The lowest BCUT2D eigenvalue weighted by Gasteiger charge is -2.19. The van der Waals surface area contributed by atoms with E-state index in [0.717, 1.165) is 5.56 Å². The number of carbonyl (C=O) groups is 1. The fourth-order valence-corrected chi connectivity index (χ4v) is 3.04. The summed E-state index contributed by atoms with van der Waals surface area (Å²) < 4.78 is 35.7. The van der Waals surface area contributed by atoms with Gasteiger partial charge in [-0.25, -0.2) is 14.3 Å². The highest BCUT2D eigenvalue weighted by Gasteiger charge is 2.18. The first-order valence-electron chi connectivity index (χ1n) is 8.29. The van der Waals surface area contributed by atoms with E-state index in [4.69, 9.17) is 8.92 Å². The van der Waals surface area contributed by atoms with Crippen LogP contribution >= 0.6 is 0 Å². The van der Waals surface area contributed by atoms with Gasteiger partial charge in [-0.15, -0.1) is 0 Å². The molecule has 0 aliphatic carbocycles. The predicted octanol–water partition coefficient (Wildman–Crippen LogP) is 3.31. The first-order chi connectivity index (χ1) is 12.1. The Bertz CT molecular complexity index is 848. The van der Waals surface area contributed by atoms with Crippen LogP contribution in [0.3, 0.4) is 0 Å². The Morgan fingerprint density at radius 2 is 1.85 bits per heavy atom. The van der Waals surface area contributed by atoms with E-state index >= 15 is 0 Å². The summed E-state index contributed by atoms with van der Waals surface area (Å²) >= 11 is 0. The molecule has 0 aliphatic rings. The quantitative estimate of drug-likeness (QED) is 0.564. The summed E-state index contributed by atoms with van der Waals surface area (Å²) in [4.78, 5) is 16.2. The molecule has 0 fully saturated rings. The van der Waals surface area contributed by atoms with Crippen molar-refractivity contribution in [3.05, 3.63) is 48.0 Å². The van der Waals surface area contributed by atoms with Gasteiger partial charge in [-0.1, -0.05) is 17.7 Å². The standard InChI is InChI=1S/C18H24N2O5S/c1-14-7-9-16(10-8-14)26(22,23)24-11-5-6-15-12-20(13-19-15)17(21)25-18(2,3)4/h7-10,12-13H,5-6,11H2,1-4H3. The molecule has 8 heteroatoms. The summed E-state index contributed by atoms with van der Waals surface area (Å²) in [5, 5.41) is 0. The summed E-state index contributed by atoms with van der Waals surface area (Å²) in [6.45, 7) is 7.28. The molecule has 7 nitrogen and oxygen atoms in total. The monoisotopic (exact) mass is 380 g/mol. The first-order valence-corrected chi connectivity index (χ1v) is 9.70. The molecule has 0 unspecified atom stereocenters. The fraction of sp³-hybridized carbons (Fsp3) is 0.444. The fourth-order valence-electron chi connectivity index (χ4n) is 2.10. The summed E-state index contributed by atoms with van der Waals surface area (Å²) in [7, 11) is -3.76. The number of imidazole rings is 1. The van der Waals surface area contributed by atoms with Crippen molar-refractivity contribution < 1.29 is 22.1 Å². The summed E-state index contributed by atoms with van der Waals surface area (Å²) in [6, 6.07) is 6.49. The lowest BCUT2D eigenvalue weighted by atomic mass is 10.2. The maximum absolute atomic E-state index is 12.1. The molecule has 2 aromatic rings. The summed E-state index contributed by atoms with van der Waals surface area (Å²) in [5.41, 5.74) is 1.05. The second kappa shape index (κ2) is 8.01. The van der Waals surface area contributed by atoms with Crippen molar-refractivity contribution in [3.8, 4) is 0 Å². The Labute approximate surface area is 154 Å². The largest absolute Gasteiger partial charge is 0.443 e. The second-order valence-corrected chi connectivity index (χ2v) is 8.56. The zero-order chi connectivity index (χ0) is 19.4. The highest BCUT2D eigenvalue weighted by molar-refractivity contribution is 7.86. The van der Waals surface area contributed by atoms with Gasteiger partial charge in [-0.2, -0.15) is 8.42 Å². The molecule has 2 rings (SSSR count). The van der Waals surface area contributed by atoms with E-state index in [1.807, 2.05) is 6.92 Å². The van der Waals surface area contributed by atoms with Crippen LogP contribution in [0.2, 0.25) is 0 Å². The van der Waals surface area contributed by atoms with Gasteiger partial charge in [0.05, 0.1) is 17.2 Å². The summed E-state index contributed by atoms with van der Waals surface area (Å²) in [5.74, 6) is 0. The lowest BCUT2D eigenvalue weighted by Crippen LogP contribution is -2.26. The SMILES string of the molecule is Cc1ccc(S(=O)(=O)OCCCc2cn(C(=O)OC(C)(C)C)cn2)cc1. The van der Waals surface area contributed by atoms with Crippen molar-refractivity contribution in [1.82, 2.24) is 9.55 Å². The van der Waals surface area contributed by atoms with Gasteiger partial charge in [0, 0.05) is 6.20 Å². The van der Waals surface area contributed by atoms with Gasteiger partial charge < -0.3 is 4.74 Å².